The minimum atomic E-state index is -1.01. The van der Waals surface area contributed by atoms with Crippen molar-refractivity contribution in [3.8, 4) is 0 Å². The van der Waals surface area contributed by atoms with Gasteiger partial charge in [-0.25, -0.2) is 9.97 Å². The molecule has 0 fully saturated rings. The van der Waals surface area contributed by atoms with E-state index in [0.29, 0.717) is 18.5 Å². The number of aromatic nitrogens is 2. The maximum absolute atomic E-state index is 10.4. The van der Waals surface area contributed by atoms with Crippen LogP contribution in [0.1, 0.15) is 12.1 Å². The van der Waals surface area contributed by atoms with E-state index in [0.717, 1.165) is 0 Å². The normalized spacial score (nSPS) is 12.4. The third-order valence-corrected chi connectivity index (χ3v) is 1.76. The van der Waals surface area contributed by atoms with Crippen LogP contribution >= 0.6 is 0 Å². The van der Waals surface area contributed by atoms with E-state index in [1.165, 1.54) is 6.20 Å². The second-order valence-electron chi connectivity index (χ2n) is 2.89. The lowest BCUT2D eigenvalue weighted by Crippen LogP contribution is -2.30. The van der Waals surface area contributed by atoms with Crippen LogP contribution < -0.4 is 11.5 Å². The quantitative estimate of drug-likeness (QED) is 0.592. The third-order valence-electron chi connectivity index (χ3n) is 1.76. The molecule has 0 bridgehead atoms. The molecule has 14 heavy (non-hydrogen) atoms. The number of carboxylic acid groups (broad SMARTS) is 1. The monoisotopic (exact) mass is 196 g/mol. The first-order chi connectivity index (χ1) is 6.59. The number of aliphatic carboxylic acids is 1. The van der Waals surface area contributed by atoms with Crippen molar-refractivity contribution in [2.75, 3.05) is 5.73 Å². The van der Waals surface area contributed by atoms with Crippen molar-refractivity contribution in [1.29, 1.82) is 0 Å². The average molecular weight is 196 g/mol. The Morgan fingerprint density at radius 3 is 2.93 bits per heavy atom. The number of nitrogens with two attached hydrogens (primary N) is 2. The van der Waals surface area contributed by atoms with E-state index in [-0.39, 0.29) is 5.95 Å². The van der Waals surface area contributed by atoms with Gasteiger partial charge >= 0.3 is 5.97 Å². The molecular formula is C8H12N4O2. The SMILES string of the molecule is Nc1nccc(CCC(N)C(=O)O)n1. The van der Waals surface area contributed by atoms with Crippen LogP contribution in [-0.4, -0.2) is 27.1 Å². The molecule has 0 saturated carbocycles. The summed E-state index contributed by atoms with van der Waals surface area (Å²) in [5.41, 5.74) is 11.4. The van der Waals surface area contributed by atoms with Gasteiger partial charge in [-0.1, -0.05) is 0 Å². The van der Waals surface area contributed by atoms with E-state index < -0.39 is 12.0 Å². The number of hydrogen-bond donors (Lipinski definition) is 3. The maximum Gasteiger partial charge on any atom is 0.320 e. The maximum atomic E-state index is 10.4. The molecule has 0 aliphatic heterocycles. The van der Waals surface area contributed by atoms with Crippen LogP contribution in [0.25, 0.3) is 0 Å². The number of carboxylic acids is 1. The predicted molar refractivity (Wildman–Crippen MR) is 50.4 cm³/mol. The van der Waals surface area contributed by atoms with E-state index in [4.69, 9.17) is 16.6 Å². The molecule has 76 valence electrons. The predicted octanol–water partition coefficient (Wildman–Crippen LogP) is -0.597. The number of carbonyl (C=O) groups is 1. The van der Waals surface area contributed by atoms with Crippen LogP contribution in [0, 0.1) is 0 Å². The summed E-state index contributed by atoms with van der Waals surface area (Å²) >= 11 is 0. The summed E-state index contributed by atoms with van der Waals surface area (Å²) in [5, 5.41) is 8.53. The molecule has 0 aliphatic rings. The molecule has 1 heterocycles. The molecule has 0 amide bonds. The van der Waals surface area contributed by atoms with Gasteiger partial charge in [-0.3, -0.25) is 4.79 Å². The minimum Gasteiger partial charge on any atom is -0.480 e. The number of nitrogens with zero attached hydrogens (tertiary/aromatic N) is 2. The van der Waals surface area contributed by atoms with Crippen LogP contribution in [0.15, 0.2) is 12.3 Å². The molecule has 1 aromatic rings. The van der Waals surface area contributed by atoms with Crippen molar-refractivity contribution in [1.82, 2.24) is 9.97 Å². The third kappa shape index (κ3) is 2.98. The summed E-state index contributed by atoms with van der Waals surface area (Å²) in [6, 6.07) is 0.830. The van der Waals surface area contributed by atoms with Gasteiger partial charge in [0, 0.05) is 11.9 Å². The number of aryl methyl sites for hydroxylation is 1. The van der Waals surface area contributed by atoms with Gasteiger partial charge in [0.1, 0.15) is 6.04 Å². The lowest BCUT2D eigenvalue weighted by atomic mass is 10.1. The first-order valence-electron chi connectivity index (χ1n) is 4.15. The van der Waals surface area contributed by atoms with Gasteiger partial charge < -0.3 is 16.6 Å². The van der Waals surface area contributed by atoms with Crippen molar-refractivity contribution >= 4 is 11.9 Å². The van der Waals surface area contributed by atoms with Crippen LogP contribution in [0.4, 0.5) is 5.95 Å². The molecule has 1 unspecified atom stereocenters. The van der Waals surface area contributed by atoms with E-state index in [1.807, 2.05) is 0 Å². The zero-order valence-electron chi connectivity index (χ0n) is 7.55. The molecule has 0 spiro atoms. The Kier molecular flexibility index (Phi) is 3.35. The zero-order chi connectivity index (χ0) is 10.6. The van der Waals surface area contributed by atoms with Crippen LogP contribution in [0.3, 0.4) is 0 Å². The van der Waals surface area contributed by atoms with Gasteiger partial charge in [0.25, 0.3) is 0 Å². The van der Waals surface area contributed by atoms with Crippen LogP contribution in [0.2, 0.25) is 0 Å². The molecule has 6 nitrogen and oxygen atoms in total. The van der Waals surface area contributed by atoms with Crippen molar-refractivity contribution in [2.24, 2.45) is 5.73 Å². The molecule has 5 N–H and O–H groups in total. The number of anilines is 1. The van der Waals surface area contributed by atoms with Crippen LogP contribution in [0.5, 0.6) is 0 Å². The van der Waals surface area contributed by atoms with Gasteiger partial charge in [0.15, 0.2) is 0 Å². The largest absolute Gasteiger partial charge is 0.480 e. The van der Waals surface area contributed by atoms with Gasteiger partial charge in [-0.15, -0.1) is 0 Å². The summed E-state index contributed by atoms with van der Waals surface area (Å²) < 4.78 is 0. The molecule has 1 rings (SSSR count). The molecule has 0 aliphatic carbocycles. The van der Waals surface area contributed by atoms with Gasteiger partial charge in [0.2, 0.25) is 5.95 Å². The Hall–Kier alpha value is -1.69. The van der Waals surface area contributed by atoms with Crippen LogP contribution in [-0.2, 0) is 11.2 Å². The summed E-state index contributed by atoms with van der Waals surface area (Å²) in [7, 11) is 0. The Balaban J connectivity index is 2.49. The highest BCUT2D eigenvalue weighted by atomic mass is 16.4. The standard InChI is InChI=1S/C8H12N4O2/c9-6(7(13)14)2-1-5-3-4-11-8(10)12-5/h3-4,6H,1-2,9H2,(H,13,14)(H2,10,11,12). The molecule has 6 heteroatoms. The zero-order valence-corrected chi connectivity index (χ0v) is 7.55. The molecular weight excluding hydrogens is 184 g/mol. The van der Waals surface area contributed by atoms with Gasteiger partial charge in [-0.05, 0) is 18.9 Å². The highest BCUT2D eigenvalue weighted by Gasteiger charge is 2.11. The van der Waals surface area contributed by atoms with E-state index in [2.05, 4.69) is 9.97 Å². The second-order valence-corrected chi connectivity index (χ2v) is 2.89. The smallest absolute Gasteiger partial charge is 0.320 e. The number of nitrogen functional groups attached to an aromatic ring is 1. The lowest BCUT2D eigenvalue weighted by Gasteiger charge is -2.05. The van der Waals surface area contributed by atoms with Crippen molar-refractivity contribution < 1.29 is 9.90 Å². The first kappa shape index (κ1) is 10.4. The van der Waals surface area contributed by atoms with E-state index >= 15 is 0 Å². The number of rotatable bonds is 4. The van der Waals surface area contributed by atoms with Gasteiger partial charge in [0.05, 0.1) is 0 Å². The highest BCUT2D eigenvalue weighted by Crippen LogP contribution is 2.02. The fourth-order valence-corrected chi connectivity index (χ4v) is 0.979. The first-order valence-corrected chi connectivity index (χ1v) is 4.15. The number of hydrogen-bond acceptors (Lipinski definition) is 5. The minimum absolute atomic E-state index is 0.186. The Labute approximate surface area is 81.0 Å². The van der Waals surface area contributed by atoms with E-state index in [1.54, 1.807) is 6.07 Å². The average Bonchev–Trinajstić information content (AvgIpc) is 2.14. The molecule has 0 radical (unpaired) electrons. The molecule has 0 aromatic carbocycles. The highest BCUT2D eigenvalue weighted by molar-refractivity contribution is 5.72. The molecule has 1 aromatic heterocycles. The lowest BCUT2D eigenvalue weighted by molar-refractivity contribution is -0.138. The Morgan fingerprint density at radius 1 is 1.64 bits per heavy atom. The van der Waals surface area contributed by atoms with E-state index in [9.17, 15) is 4.79 Å². The fraction of sp³-hybridized carbons (Fsp3) is 0.375. The Bertz CT molecular complexity index is 329. The Morgan fingerprint density at radius 2 is 2.36 bits per heavy atom. The fourth-order valence-electron chi connectivity index (χ4n) is 0.979. The van der Waals surface area contributed by atoms with Crippen molar-refractivity contribution in [2.45, 2.75) is 18.9 Å². The summed E-state index contributed by atoms with van der Waals surface area (Å²) in [6.07, 6.45) is 2.36. The molecule has 1 atom stereocenters. The summed E-state index contributed by atoms with van der Waals surface area (Å²) in [5.74, 6) is -0.821. The topological polar surface area (TPSA) is 115 Å². The molecule has 0 saturated heterocycles. The van der Waals surface area contributed by atoms with Crippen molar-refractivity contribution in [3.63, 3.8) is 0 Å². The van der Waals surface area contributed by atoms with Crippen molar-refractivity contribution in [3.05, 3.63) is 18.0 Å². The summed E-state index contributed by atoms with van der Waals surface area (Å²) in [4.78, 5) is 18.0. The van der Waals surface area contributed by atoms with Gasteiger partial charge in [-0.2, -0.15) is 0 Å². The second kappa shape index (κ2) is 4.52. The summed E-state index contributed by atoms with van der Waals surface area (Å²) in [6.45, 7) is 0.